The second-order valence-corrected chi connectivity index (χ2v) is 4.57. The number of ether oxygens (including phenoxy) is 2. The van der Waals surface area contributed by atoms with Gasteiger partial charge in [-0.3, -0.25) is 0 Å². The van der Waals surface area contributed by atoms with E-state index in [-0.39, 0.29) is 12.6 Å². The number of aliphatic hydroxyl groups excluding tert-OH is 1. The van der Waals surface area contributed by atoms with E-state index in [9.17, 15) is 9.90 Å². The Labute approximate surface area is 118 Å². The number of anilines is 2. The van der Waals surface area contributed by atoms with Crippen LogP contribution in [-0.4, -0.2) is 50.1 Å². The number of carbonyl (C=O) groups excluding carboxylic acids is 1. The monoisotopic (exact) mass is 280 g/mol. The first-order valence-electron chi connectivity index (χ1n) is 6.69. The van der Waals surface area contributed by atoms with E-state index >= 15 is 0 Å². The van der Waals surface area contributed by atoms with E-state index in [1.54, 1.807) is 25.1 Å². The number of nitrogen functional groups attached to an aromatic ring is 1. The molecule has 1 atom stereocenters. The van der Waals surface area contributed by atoms with Gasteiger partial charge in [-0.25, -0.2) is 4.79 Å². The maximum atomic E-state index is 12.1. The Hall–Kier alpha value is -1.79. The van der Waals surface area contributed by atoms with Gasteiger partial charge >= 0.3 is 5.97 Å². The quantitative estimate of drug-likeness (QED) is 0.622. The first-order chi connectivity index (χ1) is 9.69. The maximum absolute atomic E-state index is 12.1. The van der Waals surface area contributed by atoms with Crippen LogP contribution in [0.5, 0.6) is 0 Å². The van der Waals surface area contributed by atoms with E-state index in [0.717, 1.165) is 0 Å². The Bertz CT molecular complexity index is 478. The van der Waals surface area contributed by atoms with Crippen LogP contribution in [0.15, 0.2) is 18.2 Å². The number of benzene rings is 1. The molecule has 0 bridgehead atoms. The summed E-state index contributed by atoms with van der Waals surface area (Å²) in [6, 6.07) is 4.94. The number of morpholine rings is 1. The zero-order chi connectivity index (χ0) is 14.5. The summed E-state index contributed by atoms with van der Waals surface area (Å²) in [6.07, 6.45) is 0. The zero-order valence-electron chi connectivity index (χ0n) is 11.5. The van der Waals surface area contributed by atoms with Gasteiger partial charge in [0.2, 0.25) is 0 Å². The molecule has 1 aliphatic rings. The summed E-state index contributed by atoms with van der Waals surface area (Å²) >= 11 is 0. The third kappa shape index (κ3) is 2.86. The van der Waals surface area contributed by atoms with Gasteiger partial charge in [-0.2, -0.15) is 0 Å². The van der Waals surface area contributed by atoms with Gasteiger partial charge in [-0.1, -0.05) is 6.07 Å². The minimum atomic E-state index is -0.405. The zero-order valence-corrected chi connectivity index (χ0v) is 11.5. The fraction of sp³-hybridized carbons (Fsp3) is 0.500. The molecule has 1 saturated heterocycles. The van der Waals surface area contributed by atoms with Crippen molar-refractivity contribution in [2.75, 3.05) is 43.6 Å². The maximum Gasteiger partial charge on any atom is 0.340 e. The fourth-order valence-electron chi connectivity index (χ4n) is 2.36. The highest BCUT2D eigenvalue weighted by atomic mass is 16.5. The molecule has 1 aromatic rings. The molecule has 1 aromatic carbocycles. The van der Waals surface area contributed by atoms with Gasteiger partial charge in [-0.05, 0) is 19.1 Å². The summed E-state index contributed by atoms with van der Waals surface area (Å²) < 4.78 is 10.4. The molecule has 2 rings (SSSR count). The molecule has 1 unspecified atom stereocenters. The summed E-state index contributed by atoms with van der Waals surface area (Å²) in [5.41, 5.74) is 7.57. The van der Waals surface area contributed by atoms with Crippen LogP contribution in [-0.2, 0) is 9.47 Å². The molecule has 0 saturated carbocycles. The third-order valence-corrected chi connectivity index (χ3v) is 3.29. The molecule has 0 spiro atoms. The van der Waals surface area contributed by atoms with Crippen molar-refractivity contribution in [2.45, 2.75) is 13.0 Å². The lowest BCUT2D eigenvalue weighted by Crippen LogP contribution is -2.48. The van der Waals surface area contributed by atoms with Crippen LogP contribution in [0.2, 0.25) is 0 Å². The van der Waals surface area contributed by atoms with Crippen LogP contribution < -0.4 is 10.6 Å². The lowest BCUT2D eigenvalue weighted by molar-refractivity contribution is 0.0522. The largest absolute Gasteiger partial charge is 0.462 e. The van der Waals surface area contributed by atoms with Crippen LogP contribution >= 0.6 is 0 Å². The Balaban J connectivity index is 2.40. The van der Waals surface area contributed by atoms with Crippen LogP contribution in [0.1, 0.15) is 17.3 Å². The minimum Gasteiger partial charge on any atom is -0.462 e. The van der Waals surface area contributed by atoms with E-state index in [0.29, 0.717) is 43.3 Å². The number of nitrogens with two attached hydrogens (primary N) is 1. The molecule has 1 aliphatic heterocycles. The average Bonchev–Trinajstić information content (AvgIpc) is 2.47. The lowest BCUT2D eigenvalue weighted by atomic mass is 10.1. The van der Waals surface area contributed by atoms with Crippen molar-refractivity contribution in [3.63, 3.8) is 0 Å². The molecule has 6 heteroatoms. The van der Waals surface area contributed by atoms with Crippen molar-refractivity contribution < 1.29 is 19.4 Å². The lowest BCUT2D eigenvalue weighted by Gasteiger charge is -2.37. The predicted octanol–water partition coefficient (Wildman–Crippen LogP) is 0.643. The topological polar surface area (TPSA) is 85.0 Å². The molecular weight excluding hydrogens is 260 g/mol. The van der Waals surface area contributed by atoms with E-state index in [4.69, 9.17) is 15.2 Å². The van der Waals surface area contributed by atoms with Gasteiger partial charge in [0.15, 0.2) is 0 Å². The summed E-state index contributed by atoms with van der Waals surface area (Å²) in [5.74, 6) is -0.405. The number of rotatable bonds is 4. The summed E-state index contributed by atoms with van der Waals surface area (Å²) in [5, 5.41) is 9.47. The van der Waals surface area contributed by atoms with Gasteiger partial charge in [0.05, 0.1) is 49.4 Å². The SMILES string of the molecule is CCOC(=O)c1cccc(N)c1N1CCOCC1CO. The second-order valence-electron chi connectivity index (χ2n) is 4.57. The third-order valence-electron chi connectivity index (χ3n) is 3.29. The van der Waals surface area contributed by atoms with Gasteiger partial charge in [-0.15, -0.1) is 0 Å². The molecule has 0 aliphatic carbocycles. The number of esters is 1. The molecule has 0 amide bonds. The molecule has 1 heterocycles. The van der Waals surface area contributed by atoms with Gasteiger partial charge in [0.1, 0.15) is 0 Å². The normalized spacial score (nSPS) is 18.9. The molecule has 110 valence electrons. The molecule has 3 N–H and O–H groups in total. The van der Waals surface area contributed by atoms with Crippen LogP contribution in [0.4, 0.5) is 11.4 Å². The summed E-state index contributed by atoms with van der Waals surface area (Å²) in [7, 11) is 0. The van der Waals surface area contributed by atoms with Crippen molar-refractivity contribution in [3.8, 4) is 0 Å². The summed E-state index contributed by atoms with van der Waals surface area (Å²) in [4.78, 5) is 14.0. The van der Waals surface area contributed by atoms with Crippen molar-refractivity contribution in [1.82, 2.24) is 0 Å². The first kappa shape index (κ1) is 14.6. The molecule has 6 nitrogen and oxygen atoms in total. The van der Waals surface area contributed by atoms with Crippen LogP contribution in [0.3, 0.4) is 0 Å². The van der Waals surface area contributed by atoms with E-state index in [2.05, 4.69) is 0 Å². The van der Waals surface area contributed by atoms with Gasteiger partial charge < -0.3 is 25.2 Å². The number of carbonyl (C=O) groups is 1. The smallest absolute Gasteiger partial charge is 0.340 e. The Kier molecular flexibility index (Phi) is 4.81. The highest BCUT2D eigenvalue weighted by Crippen LogP contribution is 2.31. The number of para-hydroxylation sites is 1. The second kappa shape index (κ2) is 6.58. The molecular formula is C14H20N2O4. The number of nitrogens with zero attached hydrogens (tertiary/aromatic N) is 1. The van der Waals surface area contributed by atoms with Gasteiger partial charge in [0, 0.05) is 6.54 Å². The number of hydrogen-bond donors (Lipinski definition) is 2. The molecule has 20 heavy (non-hydrogen) atoms. The molecule has 0 radical (unpaired) electrons. The van der Waals surface area contributed by atoms with Crippen molar-refractivity contribution in [1.29, 1.82) is 0 Å². The molecule has 1 fully saturated rings. The van der Waals surface area contributed by atoms with E-state index in [1.807, 2.05) is 4.90 Å². The van der Waals surface area contributed by atoms with Crippen molar-refractivity contribution in [2.24, 2.45) is 0 Å². The highest BCUT2D eigenvalue weighted by molar-refractivity contribution is 5.99. The Morgan fingerprint density at radius 3 is 3.10 bits per heavy atom. The fourth-order valence-corrected chi connectivity index (χ4v) is 2.36. The Morgan fingerprint density at radius 1 is 1.60 bits per heavy atom. The number of hydrogen-bond acceptors (Lipinski definition) is 6. The highest BCUT2D eigenvalue weighted by Gasteiger charge is 2.28. The predicted molar refractivity (Wildman–Crippen MR) is 75.8 cm³/mol. The van der Waals surface area contributed by atoms with Crippen LogP contribution in [0, 0.1) is 0 Å². The molecule has 0 aromatic heterocycles. The van der Waals surface area contributed by atoms with Crippen molar-refractivity contribution >= 4 is 17.3 Å². The minimum absolute atomic E-state index is 0.0589. The standard InChI is InChI=1S/C14H20N2O4/c1-2-20-14(18)11-4-3-5-12(15)13(11)16-6-7-19-9-10(16)8-17/h3-5,10,17H,2,6-9,15H2,1H3. The Morgan fingerprint density at radius 2 is 2.40 bits per heavy atom. The van der Waals surface area contributed by atoms with E-state index in [1.165, 1.54) is 0 Å². The van der Waals surface area contributed by atoms with Crippen LogP contribution in [0.25, 0.3) is 0 Å². The summed E-state index contributed by atoms with van der Waals surface area (Å²) in [6.45, 7) is 3.53. The van der Waals surface area contributed by atoms with Gasteiger partial charge in [0.25, 0.3) is 0 Å². The first-order valence-corrected chi connectivity index (χ1v) is 6.69. The van der Waals surface area contributed by atoms with E-state index < -0.39 is 5.97 Å². The number of aliphatic hydroxyl groups is 1. The average molecular weight is 280 g/mol. The van der Waals surface area contributed by atoms with Crippen molar-refractivity contribution in [3.05, 3.63) is 23.8 Å².